The van der Waals surface area contributed by atoms with Crippen LogP contribution in [0.25, 0.3) is 18.9 Å². The Hall–Kier alpha value is -1.58. The highest BCUT2D eigenvalue weighted by Gasteiger charge is 1.98. The number of hydrogen-bond donors (Lipinski definition) is 0. The molecule has 10 heavy (non-hydrogen) atoms. The normalized spacial score (nSPS) is 10.8. The van der Waals surface area contributed by atoms with Crippen LogP contribution in [0.15, 0.2) is 10.6 Å². The molecule has 0 N–H and O–H groups in total. The minimum absolute atomic E-state index is 0.579. The molecule has 0 aliphatic carbocycles. The summed E-state index contributed by atoms with van der Waals surface area (Å²) in [5, 5.41) is 8.50. The van der Waals surface area contributed by atoms with Crippen molar-refractivity contribution in [2.75, 3.05) is 0 Å². The first-order valence-electron chi connectivity index (χ1n) is 2.77. The molecule has 0 amide bonds. The zero-order valence-electron chi connectivity index (χ0n) is 5.24. The molecule has 4 nitrogen and oxygen atoms in total. The van der Waals surface area contributed by atoms with E-state index < -0.39 is 0 Å². The smallest absolute Gasteiger partial charge is 0.254 e. The average Bonchev–Trinajstić information content (AvgIpc) is 2.41. The summed E-state index contributed by atoms with van der Waals surface area (Å²) >= 11 is 0. The molecule has 2 heterocycles. The quantitative estimate of drug-likeness (QED) is 0.472. The van der Waals surface area contributed by atoms with E-state index in [0.717, 1.165) is 10.6 Å². The standard InChI is InChI=1S/C6H5N3O/c1-4-3-6-9(5(4)2)7-8-10-6/h3H,1-2H2. The van der Waals surface area contributed by atoms with E-state index >= 15 is 0 Å². The van der Waals surface area contributed by atoms with Gasteiger partial charge < -0.3 is 4.52 Å². The molecule has 4 heteroatoms. The molecule has 0 unspecified atom stereocenters. The van der Waals surface area contributed by atoms with Crippen LogP contribution in [0.3, 0.4) is 0 Å². The van der Waals surface area contributed by atoms with Crippen molar-refractivity contribution in [3.05, 3.63) is 16.6 Å². The Balaban J connectivity index is 3.24. The van der Waals surface area contributed by atoms with E-state index in [1.54, 1.807) is 6.07 Å². The van der Waals surface area contributed by atoms with Crippen molar-refractivity contribution < 1.29 is 4.52 Å². The maximum absolute atomic E-state index is 4.74. The molecule has 2 aromatic rings. The fraction of sp³-hybridized carbons (Fsp3) is 0. The lowest BCUT2D eigenvalue weighted by atomic mass is 10.5. The summed E-state index contributed by atoms with van der Waals surface area (Å²) < 4.78 is 6.24. The van der Waals surface area contributed by atoms with Crippen LogP contribution in [0.1, 0.15) is 0 Å². The minimum Gasteiger partial charge on any atom is -0.317 e. The van der Waals surface area contributed by atoms with Gasteiger partial charge >= 0.3 is 0 Å². The van der Waals surface area contributed by atoms with E-state index in [9.17, 15) is 0 Å². The highest BCUT2D eigenvalue weighted by atomic mass is 16.5. The van der Waals surface area contributed by atoms with Crippen LogP contribution in [0.4, 0.5) is 0 Å². The van der Waals surface area contributed by atoms with Crippen molar-refractivity contribution >= 4 is 18.9 Å². The number of rotatable bonds is 0. The van der Waals surface area contributed by atoms with E-state index in [0.29, 0.717) is 5.71 Å². The lowest BCUT2D eigenvalue weighted by molar-refractivity contribution is 0.423. The largest absolute Gasteiger partial charge is 0.317 e. The van der Waals surface area contributed by atoms with E-state index in [4.69, 9.17) is 4.52 Å². The number of aromatic nitrogens is 3. The van der Waals surface area contributed by atoms with Gasteiger partial charge in [0.15, 0.2) is 0 Å². The van der Waals surface area contributed by atoms with Gasteiger partial charge in [0.05, 0.1) is 10.6 Å². The summed E-state index contributed by atoms with van der Waals surface area (Å²) in [6, 6.07) is 1.74. The third-order valence-corrected chi connectivity index (χ3v) is 1.39. The third kappa shape index (κ3) is 0.452. The molecule has 0 radical (unpaired) electrons. The summed E-state index contributed by atoms with van der Waals surface area (Å²) in [5.41, 5.74) is 0.579. The van der Waals surface area contributed by atoms with Gasteiger partial charge in [-0.15, -0.1) is 0 Å². The molecule has 0 aromatic carbocycles. The van der Waals surface area contributed by atoms with Gasteiger partial charge in [0.1, 0.15) is 0 Å². The van der Waals surface area contributed by atoms with Crippen molar-refractivity contribution in [1.29, 1.82) is 0 Å². The van der Waals surface area contributed by atoms with Crippen molar-refractivity contribution in [2.24, 2.45) is 0 Å². The van der Waals surface area contributed by atoms with E-state index in [-0.39, 0.29) is 0 Å². The minimum atomic E-state index is 0.579. The molecule has 0 bridgehead atoms. The fourth-order valence-electron chi connectivity index (χ4n) is 0.822. The second-order valence-corrected chi connectivity index (χ2v) is 2.03. The molecule has 2 aromatic heterocycles. The maximum atomic E-state index is 4.74. The van der Waals surface area contributed by atoms with Gasteiger partial charge in [-0.3, -0.25) is 0 Å². The lowest BCUT2D eigenvalue weighted by Crippen LogP contribution is -2.22. The molecule has 0 atom stereocenters. The van der Waals surface area contributed by atoms with Crippen molar-refractivity contribution in [3.63, 3.8) is 0 Å². The van der Waals surface area contributed by atoms with E-state index in [1.165, 1.54) is 4.52 Å². The summed E-state index contributed by atoms with van der Waals surface area (Å²) in [6.45, 7) is 7.44. The van der Waals surface area contributed by atoms with Crippen LogP contribution in [-0.4, -0.2) is 15.0 Å². The summed E-state index contributed by atoms with van der Waals surface area (Å²) in [5.74, 6) is 0. The first kappa shape index (κ1) is 5.22. The molecule has 0 aliphatic heterocycles. The lowest BCUT2D eigenvalue weighted by Gasteiger charge is -1.71. The van der Waals surface area contributed by atoms with E-state index in [1.807, 2.05) is 0 Å². The first-order chi connectivity index (χ1) is 4.79. The SMILES string of the molecule is C=c1cc2onnn2c1=C. The number of fused-ring (bicyclic) bond motifs is 1. The Morgan fingerprint density at radius 3 is 3.00 bits per heavy atom. The number of hydrogen-bond acceptors (Lipinski definition) is 3. The first-order valence-corrected chi connectivity index (χ1v) is 2.77. The molecule has 2 rings (SSSR count). The summed E-state index contributed by atoms with van der Waals surface area (Å²) in [7, 11) is 0. The van der Waals surface area contributed by atoms with Gasteiger partial charge in [-0.1, -0.05) is 13.2 Å². The van der Waals surface area contributed by atoms with Gasteiger partial charge in [-0.05, 0) is 10.4 Å². The Bertz CT molecular complexity index is 453. The second-order valence-electron chi connectivity index (χ2n) is 2.03. The van der Waals surface area contributed by atoms with Crippen molar-refractivity contribution in [3.8, 4) is 0 Å². The summed E-state index contributed by atoms with van der Waals surface area (Å²) in [6.07, 6.45) is 0. The zero-order chi connectivity index (χ0) is 7.14. The van der Waals surface area contributed by atoms with Crippen LogP contribution in [0.2, 0.25) is 0 Å². The molecule has 0 fully saturated rings. The topological polar surface area (TPSA) is 43.3 Å². The highest BCUT2D eigenvalue weighted by Crippen LogP contribution is 1.88. The van der Waals surface area contributed by atoms with Crippen LogP contribution in [-0.2, 0) is 0 Å². The third-order valence-electron chi connectivity index (χ3n) is 1.39. The summed E-state index contributed by atoms with van der Waals surface area (Å²) in [4.78, 5) is 0. The van der Waals surface area contributed by atoms with Crippen LogP contribution >= 0.6 is 0 Å². The molecule has 50 valence electrons. The maximum Gasteiger partial charge on any atom is 0.254 e. The molecular weight excluding hydrogens is 130 g/mol. The van der Waals surface area contributed by atoms with E-state index in [2.05, 4.69) is 23.6 Å². The van der Waals surface area contributed by atoms with Gasteiger partial charge in [0.25, 0.3) is 5.71 Å². The van der Waals surface area contributed by atoms with Crippen LogP contribution < -0.4 is 10.6 Å². The monoisotopic (exact) mass is 135 g/mol. The molecule has 0 aliphatic rings. The van der Waals surface area contributed by atoms with Gasteiger partial charge in [0, 0.05) is 6.07 Å². The average molecular weight is 135 g/mol. The van der Waals surface area contributed by atoms with Gasteiger partial charge in [0.2, 0.25) is 0 Å². The van der Waals surface area contributed by atoms with Crippen LogP contribution in [0, 0.1) is 0 Å². The Morgan fingerprint density at radius 1 is 1.50 bits per heavy atom. The van der Waals surface area contributed by atoms with Crippen molar-refractivity contribution in [2.45, 2.75) is 0 Å². The predicted octanol–water partition coefficient (Wildman–Crippen LogP) is -0.857. The molecule has 0 spiro atoms. The Kier molecular flexibility index (Phi) is 0.768. The van der Waals surface area contributed by atoms with Gasteiger partial charge in [-0.25, -0.2) is 0 Å². The van der Waals surface area contributed by atoms with Crippen molar-refractivity contribution in [1.82, 2.24) is 15.0 Å². The zero-order valence-corrected chi connectivity index (χ0v) is 5.24. The molecule has 0 saturated carbocycles. The Morgan fingerprint density at radius 2 is 2.30 bits per heavy atom. The number of nitrogens with zero attached hydrogens (tertiary/aromatic N) is 3. The van der Waals surface area contributed by atoms with Crippen LogP contribution in [0.5, 0.6) is 0 Å². The van der Waals surface area contributed by atoms with Gasteiger partial charge in [-0.2, -0.15) is 4.52 Å². The highest BCUT2D eigenvalue weighted by molar-refractivity contribution is 5.35. The Labute approximate surface area is 56.0 Å². The second kappa shape index (κ2) is 1.47. The fourth-order valence-corrected chi connectivity index (χ4v) is 0.822. The predicted molar refractivity (Wildman–Crippen MR) is 35.5 cm³/mol. The molecule has 0 saturated heterocycles. The molecular formula is C6H5N3O.